The summed E-state index contributed by atoms with van der Waals surface area (Å²) in [6.45, 7) is 0.525. The third-order valence-electron chi connectivity index (χ3n) is 2.85. The monoisotopic (exact) mass is 273 g/mol. The highest BCUT2D eigenvalue weighted by Crippen LogP contribution is 2.06. The summed E-state index contributed by atoms with van der Waals surface area (Å²) in [7, 11) is 1.32. The normalized spacial score (nSPS) is 10.1. The standard InChI is InChI=1S/C15H15NO4/c1-19-15(18)13-4-2-12(3-5-13)14(17)16-8-6-11-7-9-20-10-11/h2-5,7,9-10H,6,8H2,1H3,(H,16,17). The molecule has 104 valence electrons. The number of ether oxygens (including phenoxy) is 1. The fraction of sp³-hybridized carbons (Fsp3) is 0.200. The molecule has 1 N–H and O–H groups in total. The maximum Gasteiger partial charge on any atom is 0.337 e. The number of hydrogen-bond donors (Lipinski definition) is 1. The molecule has 0 unspecified atom stereocenters. The molecule has 5 heteroatoms. The Hall–Kier alpha value is -2.56. The lowest BCUT2D eigenvalue weighted by Gasteiger charge is -2.05. The fourth-order valence-corrected chi connectivity index (χ4v) is 1.73. The van der Waals surface area contributed by atoms with Gasteiger partial charge in [0.15, 0.2) is 0 Å². The van der Waals surface area contributed by atoms with Crippen LogP contribution in [0.25, 0.3) is 0 Å². The van der Waals surface area contributed by atoms with E-state index in [4.69, 9.17) is 4.42 Å². The third kappa shape index (κ3) is 3.47. The van der Waals surface area contributed by atoms with Crippen molar-refractivity contribution >= 4 is 11.9 Å². The fourth-order valence-electron chi connectivity index (χ4n) is 1.73. The third-order valence-corrected chi connectivity index (χ3v) is 2.85. The quantitative estimate of drug-likeness (QED) is 0.846. The van der Waals surface area contributed by atoms with Gasteiger partial charge < -0.3 is 14.5 Å². The van der Waals surface area contributed by atoms with Crippen LogP contribution in [0, 0.1) is 0 Å². The molecular weight excluding hydrogens is 258 g/mol. The van der Waals surface area contributed by atoms with E-state index in [9.17, 15) is 9.59 Å². The first-order chi connectivity index (χ1) is 9.70. The van der Waals surface area contributed by atoms with Gasteiger partial charge in [-0.1, -0.05) is 0 Å². The van der Waals surface area contributed by atoms with Crippen molar-refractivity contribution in [3.63, 3.8) is 0 Å². The summed E-state index contributed by atoms with van der Waals surface area (Å²) in [6, 6.07) is 8.18. The summed E-state index contributed by atoms with van der Waals surface area (Å²) in [5.74, 6) is -0.596. The molecule has 0 aliphatic heterocycles. The molecule has 0 saturated carbocycles. The molecule has 0 fully saturated rings. The van der Waals surface area contributed by atoms with Crippen LogP contribution in [0.15, 0.2) is 47.3 Å². The number of esters is 1. The van der Waals surface area contributed by atoms with Gasteiger partial charge in [0.2, 0.25) is 0 Å². The van der Waals surface area contributed by atoms with Crippen molar-refractivity contribution in [2.24, 2.45) is 0 Å². The summed E-state index contributed by atoms with van der Waals surface area (Å²) in [4.78, 5) is 23.1. The summed E-state index contributed by atoms with van der Waals surface area (Å²) in [6.07, 6.45) is 3.96. The average Bonchev–Trinajstić information content (AvgIpc) is 2.99. The number of furan rings is 1. The van der Waals surface area contributed by atoms with Crippen LogP contribution in [-0.2, 0) is 11.2 Å². The molecule has 0 bridgehead atoms. The number of nitrogens with one attached hydrogen (secondary N) is 1. The maximum atomic E-state index is 11.9. The second kappa shape index (κ2) is 6.56. The zero-order valence-corrected chi connectivity index (χ0v) is 11.1. The number of rotatable bonds is 5. The van der Waals surface area contributed by atoms with Gasteiger partial charge in [0, 0.05) is 12.1 Å². The van der Waals surface area contributed by atoms with Gasteiger partial charge in [-0.25, -0.2) is 4.79 Å². The Morgan fingerprint density at radius 2 is 1.85 bits per heavy atom. The largest absolute Gasteiger partial charge is 0.472 e. The van der Waals surface area contributed by atoms with E-state index in [0.29, 0.717) is 24.1 Å². The predicted molar refractivity (Wildman–Crippen MR) is 72.5 cm³/mol. The predicted octanol–water partition coefficient (Wildman–Crippen LogP) is 2.04. The Labute approximate surface area is 116 Å². The average molecular weight is 273 g/mol. The zero-order chi connectivity index (χ0) is 14.4. The molecule has 0 aliphatic carbocycles. The van der Waals surface area contributed by atoms with Crippen LogP contribution in [0.5, 0.6) is 0 Å². The van der Waals surface area contributed by atoms with E-state index < -0.39 is 5.97 Å². The first kappa shape index (κ1) is 13.9. The highest BCUT2D eigenvalue weighted by atomic mass is 16.5. The van der Waals surface area contributed by atoms with E-state index in [1.54, 1.807) is 36.8 Å². The van der Waals surface area contributed by atoms with Crippen LogP contribution in [0.3, 0.4) is 0 Å². The SMILES string of the molecule is COC(=O)c1ccc(C(=O)NCCc2ccoc2)cc1. The Morgan fingerprint density at radius 1 is 1.15 bits per heavy atom. The van der Waals surface area contributed by atoms with Crippen LogP contribution in [-0.4, -0.2) is 25.5 Å². The number of carbonyl (C=O) groups is 2. The van der Waals surface area contributed by atoms with Gasteiger partial charge in [-0.3, -0.25) is 4.79 Å². The molecular formula is C15H15NO4. The second-order valence-electron chi connectivity index (χ2n) is 4.21. The lowest BCUT2D eigenvalue weighted by molar-refractivity contribution is 0.0600. The van der Waals surface area contributed by atoms with Crippen molar-refractivity contribution in [1.29, 1.82) is 0 Å². The second-order valence-corrected chi connectivity index (χ2v) is 4.21. The van der Waals surface area contributed by atoms with Gasteiger partial charge in [0.25, 0.3) is 5.91 Å². The molecule has 2 aromatic rings. The van der Waals surface area contributed by atoms with Crippen LogP contribution < -0.4 is 5.32 Å². The van der Waals surface area contributed by atoms with Crippen molar-refractivity contribution in [3.8, 4) is 0 Å². The molecule has 0 spiro atoms. The summed E-state index contributed by atoms with van der Waals surface area (Å²) < 4.78 is 9.54. The summed E-state index contributed by atoms with van der Waals surface area (Å²) in [5, 5.41) is 2.80. The van der Waals surface area contributed by atoms with Gasteiger partial charge in [-0.05, 0) is 42.3 Å². The van der Waals surface area contributed by atoms with Gasteiger partial charge in [-0.2, -0.15) is 0 Å². The maximum absolute atomic E-state index is 11.9. The van der Waals surface area contributed by atoms with Crippen molar-refractivity contribution in [2.75, 3.05) is 13.7 Å². The van der Waals surface area contributed by atoms with Crippen LogP contribution in [0.1, 0.15) is 26.3 Å². The number of hydrogen-bond acceptors (Lipinski definition) is 4. The summed E-state index contributed by atoms with van der Waals surface area (Å²) in [5.41, 5.74) is 1.96. The first-order valence-electron chi connectivity index (χ1n) is 6.18. The van der Waals surface area contributed by atoms with E-state index in [0.717, 1.165) is 5.56 Å². The minimum absolute atomic E-state index is 0.176. The molecule has 1 aromatic heterocycles. The van der Waals surface area contributed by atoms with Gasteiger partial charge in [0.1, 0.15) is 0 Å². The van der Waals surface area contributed by atoms with Crippen molar-refractivity contribution in [1.82, 2.24) is 5.32 Å². The Morgan fingerprint density at radius 3 is 2.45 bits per heavy atom. The molecule has 1 aromatic carbocycles. The molecule has 1 amide bonds. The van der Waals surface area contributed by atoms with E-state index >= 15 is 0 Å². The minimum atomic E-state index is -0.420. The smallest absolute Gasteiger partial charge is 0.337 e. The van der Waals surface area contributed by atoms with E-state index in [2.05, 4.69) is 10.1 Å². The molecule has 0 atom stereocenters. The van der Waals surface area contributed by atoms with Crippen LogP contribution >= 0.6 is 0 Å². The van der Waals surface area contributed by atoms with Crippen LogP contribution in [0.4, 0.5) is 0 Å². The lowest BCUT2D eigenvalue weighted by Crippen LogP contribution is -2.25. The number of amides is 1. The molecule has 0 radical (unpaired) electrons. The van der Waals surface area contributed by atoms with Gasteiger partial charge in [-0.15, -0.1) is 0 Å². The van der Waals surface area contributed by atoms with Crippen LogP contribution in [0.2, 0.25) is 0 Å². The number of methoxy groups -OCH3 is 1. The lowest BCUT2D eigenvalue weighted by atomic mass is 10.1. The van der Waals surface area contributed by atoms with E-state index in [1.165, 1.54) is 7.11 Å². The molecule has 5 nitrogen and oxygen atoms in total. The topological polar surface area (TPSA) is 68.5 Å². The van der Waals surface area contributed by atoms with Crippen molar-refractivity contribution in [2.45, 2.75) is 6.42 Å². The Bertz CT molecular complexity index is 572. The minimum Gasteiger partial charge on any atom is -0.472 e. The molecule has 0 aliphatic rings. The number of carbonyl (C=O) groups excluding carboxylic acids is 2. The number of benzene rings is 1. The van der Waals surface area contributed by atoms with Gasteiger partial charge >= 0.3 is 5.97 Å². The van der Waals surface area contributed by atoms with Crippen molar-refractivity contribution < 1.29 is 18.7 Å². The van der Waals surface area contributed by atoms with E-state index in [1.807, 2.05) is 6.07 Å². The molecule has 2 rings (SSSR count). The zero-order valence-electron chi connectivity index (χ0n) is 11.1. The molecule has 1 heterocycles. The van der Waals surface area contributed by atoms with E-state index in [-0.39, 0.29) is 5.91 Å². The molecule has 20 heavy (non-hydrogen) atoms. The van der Waals surface area contributed by atoms with Crippen molar-refractivity contribution in [3.05, 3.63) is 59.5 Å². The summed E-state index contributed by atoms with van der Waals surface area (Å²) >= 11 is 0. The highest BCUT2D eigenvalue weighted by molar-refractivity contribution is 5.96. The highest BCUT2D eigenvalue weighted by Gasteiger charge is 2.08. The first-order valence-corrected chi connectivity index (χ1v) is 6.18. The van der Waals surface area contributed by atoms with Gasteiger partial charge in [0.05, 0.1) is 25.2 Å². The Kier molecular flexibility index (Phi) is 4.55. The molecule has 0 saturated heterocycles. The Balaban J connectivity index is 1.87.